The van der Waals surface area contributed by atoms with E-state index in [1.54, 1.807) is 0 Å². The lowest BCUT2D eigenvalue weighted by atomic mass is 10.0. The lowest BCUT2D eigenvalue weighted by molar-refractivity contribution is -0.167. The minimum absolute atomic E-state index is 0.0759. The van der Waals surface area contributed by atoms with Gasteiger partial charge in [-0.15, -0.1) is 0 Å². The maximum atomic E-state index is 12.9. The quantitative estimate of drug-likeness (QED) is 0.0261. The van der Waals surface area contributed by atoms with Crippen LogP contribution >= 0.6 is 0 Å². The molecule has 0 saturated heterocycles. The molecule has 454 valence electrons. The molecule has 0 N–H and O–H groups in total. The number of allylic oxidation sites excluding steroid dienone is 10. The maximum Gasteiger partial charge on any atom is 0.306 e. The van der Waals surface area contributed by atoms with Gasteiger partial charge in [0.2, 0.25) is 0 Å². The second-order valence-electron chi connectivity index (χ2n) is 23.1. The van der Waals surface area contributed by atoms with Gasteiger partial charge in [0, 0.05) is 19.3 Å². The lowest BCUT2D eigenvalue weighted by Crippen LogP contribution is -2.30. The number of ether oxygens (including phenoxy) is 3. The zero-order chi connectivity index (χ0) is 56.4. The number of carbonyl (C=O) groups is 3. The molecule has 0 aromatic carbocycles. The lowest BCUT2D eigenvalue weighted by Gasteiger charge is -2.18. The molecule has 0 saturated carbocycles. The molecule has 1 atom stereocenters. The molecule has 0 spiro atoms. The summed E-state index contributed by atoms with van der Waals surface area (Å²) >= 11 is 0. The summed E-state index contributed by atoms with van der Waals surface area (Å²) in [5.41, 5.74) is 0. The molecule has 0 radical (unpaired) electrons. The molecule has 1 unspecified atom stereocenters. The Kier molecular flexibility index (Phi) is 64.2. The van der Waals surface area contributed by atoms with E-state index in [1.807, 2.05) is 0 Å². The van der Waals surface area contributed by atoms with Gasteiger partial charge in [0.15, 0.2) is 6.10 Å². The first kappa shape index (κ1) is 75.1. The average molecular weight is 1090 g/mol. The summed E-state index contributed by atoms with van der Waals surface area (Å²) in [5.74, 6) is -0.868. The zero-order valence-corrected chi connectivity index (χ0v) is 52.2. The summed E-state index contributed by atoms with van der Waals surface area (Å²) in [7, 11) is 0. The molecule has 0 bridgehead atoms. The highest BCUT2D eigenvalue weighted by molar-refractivity contribution is 5.71. The van der Waals surface area contributed by atoms with E-state index in [1.165, 1.54) is 225 Å². The van der Waals surface area contributed by atoms with Crippen LogP contribution < -0.4 is 0 Å². The fraction of sp³-hybridized carbons (Fsp3) is 0.819. The highest BCUT2D eigenvalue weighted by atomic mass is 16.6. The zero-order valence-electron chi connectivity index (χ0n) is 52.2. The van der Waals surface area contributed by atoms with Gasteiger partial charge in [0.1, 0.15) is 13.2 Å². The number of hydrogen-bond donors (Lipinski definition) is 0. The van der Waals surface area contributed by atoms with E-state index in [-0.39, 0.29) is 31.1 Å². The topological polar surface area (TPSA) is 78.9 Å². The van der Waals surface area contributed by atoms with Gasteiger partial charge in [-0.2, -0.15) is 0 Å². The molecule has 0 heterocycles. The third kappa shape index (κ3) is 63.9. The van der Waals surface area contributed by atoms with E-state index in [4.69, 9.17) is 14.2 Å². The van der Waals surface area contributed by atoms with E-state index in [0.29, 0.717) is 19.3 Å². The van der Waals surface area contributed by atoms with Gasteiger partial charge in [-0.25, -0.2) is 0 Å². The number of unbranched alkanes of at least 4 members (excludes halogenated alkanes) is 42. The highest BCUT2D eigenvalue weighted by Gasteiger charge is 2.19. The van der Waals surface area contributed by atoms with Gasteiger partial charge >= 0.3 is 17.9 Å². The van der Waals surface area contributed by atoms with Crippen LogP contribution in [0.5, 0.6) is 0 Å². The Hall–Kier alpha value is -2.89. The minimum atomic E-state index is -0.781. The molecule has 0 aliphatic carbocycles. The molecule has 0 aromatic heterocycles. The SMILES string of the molecule is CC/C=C\C/C=C\C/C=C\C/C=C\CCCCCCCCC(=O)OC(COC(=O)CCCCCCCCCCCCCCCC)COC(=O)CCCCCCCCCCCCCCCCC/C=C\CCCCCCCCCC. The van der Waals surface area contributed by atoms with Crippen LogP contribution in [0.2, 0.25) is 0 Å². The van der Waals surface area contributed by atoms with Crippen molar-refractivity contribution in [1.29, 1.82) is 0 Å². The van der Waals surface area contributed by atoms with Crippen molar-refractivity contribution in [2.24, 2.45) is 0 Å². The van der Waals surface area contributed by atoms with Crippen LogP contribution in [0.3, 0.4) is 0 Å². The number of hydrogen-bond acceptors (Lipinski definition) is 6. The van der Waals surface area contributed by atoms with Gasteiger partial charge in [-0.1, -0.05) is 319 Å². The van der Waals surface area contributed by atoms with Gasteiger partial charge in [-0.05, 0) is 83.5 Å². The first-order chi connectivity index (χ1) is 38.5. The van der Waals surface area contributed by atoms with Crippen LogP contribution in [0.25, 0.3) is 0 Å². The van der Waals surface area contributed by atoms with Gasteiger partial charge in [-0.3, -0.25) is 14.4 Å². The van der Waals surface area contributed by atoms with Crippen molar-refractivity contribution in [1.82, 2.24) is 0 Å². The van der Waals surface area contributed by atoms with E-state index in [9.17, 15) is 14.4 Å². The number of rotatable bonds is 63. The highest BCUT2D eigenvalue weighted by Crippen LogP contribution is 2.18. The third-order valence-corrected chi connectivity index (χ3v) is 15.3. The summed E-state index contributed by atoms with van der Waals surface area (Å²) in [6.07, 6.45) is 85.3. The van der Waals surface area contributed by atoms with Crippen molar-refractivity contribution in [2.75, 3.05) is 13.2 Å². The summed E-state index contributed by atoms with van der Waals surface area (Å²) in [6, 6.07) is 0. The van der Waals surface area contributed by atoms with Gasteiger partial charge < -0.3 is 14.2 Å². The van der Waals surface area contributed by atoms with E-state index < -0.39 is 6.10 Å². The van der Waals surface area contributed by atoms with Crippen molar-refractivity contribution in [3.05, 3.63) is 60.8 Å². The minimum Gasteiger partial charge on any atom is -0.462 e. The molecular formula is C72H130O6. The van der Waals surface area contributed by atoms with Crippen molar-refractivity contribution in [2.45, 2.75) is 367 Å². The van der Waals surface area contributed by atoms with Crippen LogP contribution in [0, 0.1) is 0 Å². The van der Waals surface area contributed by atoms with Crippen molar-refractivity contribution >= 4 is 17.9 Å². The van der Waals surface area contributed by atoms with Gasteiger partial charge in [0.05, 0.1) is 0 Å². The summed E-state index contributed by atoms with van der Waals surface area (Å²) in [6.45, 7) is 6.57. The van der Waals surface area contributed by atoms with Crippen LogP contribution in [0.4, 0.5) is 0 Å². The third-order valence-electron chi connectivity index (χ3n) is 15.3. The molecule has 6 heteroatoms. The normalized spacial score (nSPS) is 12.4. The first-order valence-electron chi connectivity index (χ1n) is 34.3. The largest absolute Gasteiger partial charge is 0.462 e. The summed E-state index contributed by atoms with van der Waals surface area (Å²) in [4.78, 5) is 38.4. The molecule has 0 aliphatic rings. The van der Waals surface area contributed by atoms with E-state index >= 15 is 0 Å². The Balaban J connectivity index is 4.26. The van der Waals surface area contributed by atoms with Crippen LogP contribution in [0.15, 0.2) is 60.8 Å². The standard InChI is InChI=1S/C72H130O6/c1-4-7-10-13-16-19-22-25-28-30-32-33-34-35-36-37-38-39-41-42-44-47-50-53-56-59-62-65-71(74)77-68-69(67-76-70(73)64-61-58-55-52-49-46-27-24-21-18-15-12-9-6-3)78-72(75)66-63-60-57-54-51-48-45-43-40-31-29-26-23-20-17-14-11-8-5-2/h8,11,17,20,26,29-30,32,40,43,69H,4-7,9-10,12-16,18-19,21-25,27-28,31,33-39,41-42,44-68H2,1-3H3/b11-8-,20-17-,29-26-,32-30-,43-40-. The number of esters is 3. The fourth-order valence-corrected chi connectivity index (χ4v) is 10.1. The van der Waals surface area contributed by atoms with E-state index in [2.05, 4.69) is 81.5 Å². The molecule has 0 amide bonds. The predicted octanol–water partition coefficient (Wildman–Crippen LogP) is 23.5. The summed E-state index contributed by atoms with van der Waals surface area (Å²) < 4.78 is 17.0. The Bertz CT molecular complexity index is 1390. The second-order valence-corrected chi connectivity index (χ2v) is 23.1. The molecular weight excluding hydrogens is 961 g/mol. The fourth-order valence-electron chi connectivity index (χ4n) is 10.1. The van der Waals surface area contributed by atoms with Crippen LogP contribution in [0.1, 0.15) is 361 Å². The first-order valence-corrected chi connectivity index (χ1v) is 34.3. The monoisotopic (exact) mass is 1090 g/mol. The van der Waals surface area contributed by atoms with Crippen LogP contribution in [-0.4, -0.2) is 37.2 Å². The molecule has 0 aliphatic heterocycles. The smallest absolute Gasteiger partial charge is 0.306 e. The Morgan fingerprint density at radius 1 is 0.269 bits per heavy atom. The number of carbonyl (C=O) groups excluding carboxylic acids is 3. The Labute approximate surface area is 485 Å². The van der Waals surface area contributed by atoms with Crippen molar-refractivity contribution in [3.63, 3.8) is 0 Å². The molecule has 0 fully saturated rings. The molecule has 6 nitrogen and oxygen atoms in total. The van der Waals surface area contributed by atoms with Crippen molar-refractivity contribution < 1.29 is 28.6 Å². The van der Waals surface area contributed by atoms with Crippen LogP contribution in [-0.2, 0) is 28.6 Å². The maximum absolute atomic E-state index is 12.9. The molecule has 0 aromatic rings. The molecule has 78 heavy (non-hydrogen) atoms. The van der Waals surface area contributed by atoms with E-state index in [0.717, 1.165) is 96.3 Å². The predicted molar refractivity (Wildman–Crippen MR) is 339 cm³/mol. The Morgan fingerprint density at radius 2 is 0.500 bits per heavy atom. The van der Waals surface area contributed by atoms with Gasteiger partial charge in [0.25, 0.3) is 0 Å². The van der Waals surface area contributed by atoms with Crippen molar-refractivity contribution in [3.8, 4) is 0 Å². The average Bonchev–Trinajstić information content (AvgIpc) is 3.44. The molecule has 0 rings (SSSR count). The summed E-state index contributed by atoms with van der Waals surface area (Å²) in [5, 5.41) is 0. The Morgan fingerprint density at radius 3 is 0.795 bits per heavy atom. The second kappa shape index (κ2) is 66.6.